The van der Waals surface area contributed by atoms with Crippen LogP contribution < -0.4 is 10.9 Å². The highest BCUT2D eigenvalue weighted by Crippen LogP contribution is 2.25. The number of furan rings is 1. The van der Waals surface area contributed by atoms with Crippen LogP contribution in [0.25, 0.3) is 11.3 Å². The molecule has 0 atom stereocenters. The fourth-order valence-corrected chi connectivity index (χ4v) is 2.66. The third kappa shape index (κ3) is 3.45. The molecule has 0 aliphatic heterocycles. The van der Waals surface area contributed by atoms with Crippen LogP contribution in [0.2, 0.25) is 0 Å². The van der Waals surface area contributed by atoms with Gasteiger partial charge in [0.25, 0.3) is 5.91 Å². The van der Waals surface area contributed by atoms with Crippen molar-refractivity contribution in [3.8, 4) is 11.3 Å². The molecule has 0 spiro atoms. The molecule has 0 saturated heterocycles. The van der Waals surface area contributed by atoms with Gasteiger partial charge in [0.15, 0.2) is 12.0 Å². The number of anilines is 1. The van der Waals surface area contributed by atoms with Crippen LogP contribution in [-0.4, -0.2) is 12.2 Å². The molecule has 0 radical (unpaired) electrons. The zero-order chi connectivity index (χ0) is 17.8. The first-order valence-corrected chi connectivity index (χ1v) is 7.87. The van der Waals surface area contributed by atoms with Crippen LogP contribution >= 0.6 is 0 Å². The maximum atomic E-state index is 12.6. The largest absolute Gasteiger partial charge is 0.453 e. The van der Waals surface area contributed by atoms with E-state index in [9.17, 15) is 9.59 Å². The minimum atomic E-state index is -0.290. The Morgan fingerprint density at radius 2 is 1.68 bits per heavy atom. The molecule has 0 saturated carbocycles. The molecule has 0 bridgehead atoms. The summed E-state index contributed by atoms with van der Waals surface area (Å²) in [4.78, 5) is 23.4. The van der Waals surface area contributed by atoms with Crippen LogP contribution in [0, 0.1) is 13.8 Å². The van der Waals surface area contributed by atoms with Crippen molar-refractivity contribution in [3.63, 3.8) is 0 Å². The number of benzene rings is 2. The van der Waals surface area contributed by atoms with Crippen molar-refractivity contribution in [3.05, 3.63) is 77.0 Å². The molecule has 1 aromatic heterocycles. The molecular weight excluding hydrogens is 316 g/mol. The van der Waals surface area contributed by atoms with Crippen molar-refractivity contribution in [2.24, 2.45) is 0 Å². The lowest BCUT2D eigenvalue weighted by molar-refractivity contribution is 0.0963. The van der Waals surface area contributed by atoms with Crippen LogP contribution in [-0.2, 0) is 0 Å². The zero-order valence-electron chi connectivity index (χ0n) is 14.0. The van der Waals surface area contributed by atoms with E-state index in [4.69, 9.17) is 4.42 Å². The number of aldehydes is 1. The van der Waals surface area contributed by atoms with E-state index in [1.54, 1.807) is 30.3 Å². The fraction of sp³-hybridized carbons (Fsp3) is 0.100. The first kappa shape index (κ1) is 16.5. The average Bonchev–Trinajstić information content (AvgIpc) is 3.10. The summed E-state index contributed by atoms with van der Waals surface area (Å²) < 4.78 is 5.44. The molecule has 1 amide bonds. The highest BCUT2D eigenvalue weighted by molar-refractivity contribution is 6.01. The Labute approximate surface area is 145 Å². The Balaban J connectivity index is 1.84. The lowest BCUT2D eigenvalue weighted by atomic mass is 10.0. The number of hydrazine groups is 1. The minimum Gasteiger partial charge on any atom is -0.453 e. The Morgan fingerprint density at radius 3 is 2.36 bits per heavy atom. The molecule has 0 unspecified atom stereocenters. The van der Waals surface area contributed by atoms with Gasteiger partial charge in [0.1, 0.15) is 5.76 Å². The first-order chi connectivity index (χ1) is 12.1. The standard InChI is InChI=1S/C20H18N2O3/c1-13-6-5-7-14(2)19(13)21-22-20(24)17-9-4-3-8-16(17)18-11-10-15(12-23)25-18/h3-12,21H,1-2H3,(H,22,24). The maximum absolute atomic E-state index is 12.6. The first-order valence-electron chi connectivity index (χ1n) is 7.87. The minimum absolute atomic E-state index is 0.221. The smallest absolute Gasteiger partial charge is 0.270 e. The van der Waals surface area contributed by atoms with Gasteiger partial charge in [-0.2, -0.15) is 0 Å². The summed E-state index contributed by atoms with van der Waals surface area (Å²) >= 11 is 0. The summed E-state index contributed by atoms with van der Waals surface area (Å²) in [5.74, 6) is 0.404. The molecule has 2 N–H and O–H groups in total. The normalized spacial score (nSPS) is 10.3. The van der Waals surface area contributed by atoms with Crippen molar-refractivity contribution in [1.29, 1.82) is 0 Å². The lowest BCUT2D eigenvalue weighted by Gasteiger charge is -2.14. The highest BCUT2D eigenvalue weighted by Gasteiger charge is 2.15. The summed E-state index contributed by atoms with van der Waals surface area (Å²) in [6, 6.07) is 16.2. The lowest BCUT2D eigenvalue weighted by Crippen LogP contribution is -2.30. The molecule has 3 rings (SSSR count). The molecule has 3 aromatic rings. The topological polar surface area (TPSA) is 71.3 Å². The van der Waals surface area contributed by atoms with Gasteiger partial charge in [-0.15, -0.1) is 0 Å². The molecule has 2 aromatic carbocycles. The number of amides is 1. The van der Waals surface area contributed by atoms with Gasteiger partial charge in [-0.25, -0.2) is 0 Å². The molecule has 5 heteroatoms. The van der Waals surface area contributed by atoms with Crippen molar-refractivity contribution < 1.29 is 14.0 Å². The van der Waals surface area contributed by atoms with E-state index in [-0.39, 0.29) is 11.7 Å². The van der Waals surface area contributed by atoms with Crippen molar-refractivity contribution >= 4 is 17.9 Å². The second-order valence-corrected chi connectivity index (χ2v) is 5.71. The summed E-state index contributed by atoms with van der Waals surface area (Å²) in [5.41, 5.74) is 9.73. The summed E-state index contributed by atoms with van der Waals surface area (Å²) in [6.45, 7) is 3.94. The number of nitrogens with one attached hydrogen (secondary N) is 2. The van der Waals surface area contributed by atoms with Crippen LogP contribution in [0.3, 0.4) is 0 Å². The van der Waals surface area contributed by atoms with Crippen LogP contribution in [0.5, 0.6) is 0 Å². The van der Waals surface area contributed by atoms with Gasteiger partial charge in [-0.3, -0.25) is 20.4 Å². The molecule has 0 aliphatic carbocycles. The summed E-state index contributed by atoms with van der Waals surface area (Å²) in [6.07, 6.45) is 0.634. The number of aryl methyl sites for hydroxylation is 2. The highest BCUT2D eigenvalue weighted by atomic mass is 16.3. The Morgan fingerprint density at radius 1 is 0.960 bits per heavy atom. The van der Waals surface area contributed by atoms with Gasteiger partial charge in [0.05, 0.1) is 11.3 Å². The van der Waals surface area contributed by atoms with Crippen molar-refractivity contribution in [2.75, 3.05) is 5.43 Å². The van der Waals surface area contributed by atoms with Crippen LogP contribution in [0.1, 0.15) is 32.0 Å². The zero-order valence-corrected chi connectivity index (χ0v) is 14.0. The predicted molar refractivity (Wildman–Crippen MR) is 96.5 cm³/mol. The third-order valence-electron chi connectivity index (χ3n) is 3.96. The predicted octanol–water partition coefficient (Wildman–Crippen LogP) is 4.13. The average molecular weight is 334 g/mol. The monoisotopic (exact) mass is 334 g/mol. The van der Waals surface area contributed by atoms with Crippen LogP contribution in [0.15, 0.2) is 59.0 Å². The third-order valence-corrected chi connectivity index (χ3v) is 3.96. The molecule has 0 fully saturated rings. The van der Waals surface area contributed by atoms with Crippen LogP contribution in [0.4, 0.5) is 5.69 Å². The number of para-hydroxylation sites is 1. The van der Waals surface area contributed by atoms with Gasteiger partial charge in [0.2, 0.25) is 0 Å². The van der Waals surface area contributed by atoms with Gasteiger partial charge < -0.3 is 4.42 Å². The number of hydrogen-bond donors (Lipinski definition) is 2. The Hall–Kier alpha value is -3.34. The Bertz CT molecular complexity index is 908. The molecular formula is C20H18N2O3. The molecule has 0 aliphatic rings. The second-order valence-electron chi connectivity index (χ2n) is 5.71. The van der Waals surface area contributed by atoms with Gasteiger partial charge in [0, 0.05) is 5.56 Å². The van der Waals surface area contributed by atoms with E-state index in [1.807, 2.05) is 38.1 Å². The Kier molecular flexibility index (Phi) is 4.66. The maximum Gasteiger partial charge on any atom is 0.270 e. The SMILES string of the molecule is Cc1cccc(C)c1NNC(=O)c1ccccc1-c1ccc(C=O)o1. The molecule has 126 valence electrons. The summed E-state index contributed by atoms with van der Waals surface area (Å²) in [7, 11) is 0. The van der Waals surface area contributed by atoms with E-state index in [0.717, 1.165) is 16.8 Å². The summed E-state index contributed by atoms with van der Waals surface area (Å²) in [5, 5.41) is 0. The van der Waals surface area contributed by atoms with E-state index >= 15 is 0 Å². The second kappa shape index (κ2) is 7.05. The molecule has 1 heterocycles. The number of hydrogen-bond acceptors (Lipinski definition) is 4. The van der Waals surface area contributed by atoms with Gasteiger partial charge in [-0.1, -0.05) is 36.4 Å². The van der Waals surface area contributed by atoms with Gasteiger partial charge in [-0.05, 0) is 43.2 Å². The van der Waals surface area contributed by atoms with E-state index in [0.29, 0.717) is 23.2 Å². The number of rotatable bonds is 5. The fourth-order valence-electron chi connectivity index (χ4n) is 2.66. The van der Waals surface area contributed by atoms with Crippen molar-refractivity contribution in [2.45, 2.75) is 13.8 Å². The number of carbonyl (C=O) groups is 2. The van der Waals surface area contributed by atoms with Gasteiger partial charge >= 0.3 is 0 Å². The van der Waals surface area contributed by atoms with E-state index in [2.05, 4.69) is 10.9 Å². The van der Waals surface area contributed by atoms with E-state index in [1.165, 1.54) is 0 Å². The van der Waals surface area contributed by atoms with Crippen molar-refractivity contribution in [1.82, 2.24) is 5.43 Å². The van der Waals surface area contributed by atoms with E-state index < -0.39 is 0 Å². The quantitative estimate of drug-likeness (QED) is 0.543. The number of carbonyl (C=O) groups excluding carboxylic acids is 2. The molecule has 25 heavy (non-hydrogen) atoms. The molecule has 5 nitrogen and oxygen atoms in total.